The molecular weight excluding hydrogens is 172 g/mol. The monoisotopic (exact) mass is 188 g/mol. The van der Waals surface area contributed by atoms with Gasteiger partial charge in [0.05, 0.1) is 0 Å². The van der Waals surface area contributed by atoms with Gasteiger partial charge in [-0.3, -0.25) is 0 Å². The highest BCUT2D eigenvalue weighted by atomic mass is 16.1. The Morgan fingerprint density at radius 3 is 2.07 bits per heavy atom. The standard InChI is InChI=1S/C13H16O/c14-4-5-3-8-9(5)13-11-7-2-1-6(7)10(11)12(8)13/h4-13H,1-3H2. The fourth-order valence-corrected chi connectivity index (χ4v) is 6.20. The van der Waals surface area contributed by atoms with Crippen LogP contribution in [0.1, 0.15) is 19.3 Å². The Hall–Kier alpha value is -0.330. The molecule has 0 saturated heterocycles. The number of carbonyl (C=O) groups is 1. The number of fused-ring (bicyclic) bond motifs is 10. The number of hydrogen-bond donors (Lipinski definition) is 0. The molecule has 0 radical (unpaired) electrons. The Kier molecular flexibility index (Phi) is 0.921. The maximum atomic E-state index is 10.8. The van der Waals surface area contributed by atoms with Gasteiger partial charge in [0.15, 0.2) is 0 Å². The summed E-state index contributed by atoms with van der Waals surface area (Å²) in [5, 5.41) is 0. The zero-order chi connectivity index (χ0) is 9.02. The van der Waals surface area contributed by atoms with Crippen molar-refractivity contribution in [3.05, 3.63) is 0 Å². The molecule has 0 N–H and O–H groups in total. The summed E-state index contributed by atoms with van der Waals surface area (Å²) in [7, 11) is 0. The minimum Gasteiger partial charge on any atom is -0.303 e. The molecule has 9 unspecified atom stereocenters. The predicted octanol–water partition coefficient (Wildman–Crippen LogP) is 1.97. The smallest absolute Gasteiger partial charge is 0.123 e. The van der Waals surface area contributed by atoms with Gasteiger partial charge >= 0.3 is 0 Å². The van der Waals surface area contributed by atoms with Crippen LogP contribution in [-0.4, -0.2) is 6.29 Å². The van der Waals surface area contributed by atoms with Gasteiger partial charge < -0.3 is 4.79 Å². The van der Waals surface area contributed by atoms with Crippen LogP contribution >= 0.6 is 0 Å². The topological polar surface area (TPSA) is 17.1 Å². The Labute approximate surface area is 84.3 Å². The van der Waals surface area contributed by atoms with Crippen molar-refractivity contribution in [2.75, 3.05) is 0 Å². The fourth-order valence-electron chi connectivity index (χ4n) is 6.20. The second-order valence-corrected chi connectivity index (χ2v) is 6.49. The van der Waals surface area contributed by atoms with Gasteiger partial charge in [-0.15, -0.1) is 0 Å². The van der Waals surface area contributed by atoms with Gasteiger partial charge in [0.1, 0.15) is 6.29 Å². The zero-order valence-corrected chi connectivity index (χ0v) is 8.30. The highest BCUT2D eigenvalue weighted by molar-refractivity contribution is 5.58. The van der Waals surface area contributed by atoms with E-state index in [9.17, 15) is 4.79 Å². The first-order chi connectivity index (χ1) is 6.92. The van der Waals surface area contributed by atoms with Crippen LogP contribution in [0.4, 0.5) is 0 Å². The van der Waals surface area contributed by atoms with E-state index in [0.717, 1.165) is 47.3 Å². The van der Waals surface area contributed by atoms with Crippen molar-refractivity contribution in [1.82, 2.24) is 0 Å². The van der Waals surface area contributed by atoms with Crippen LogP contribution in [-0.2, 0) is 4.79 Å². The number of hydrogen-bond acceptors (Lipinski definition) is 1. The largest absolute Gasteiger partial charge is 0.303 e. The quantitative estimate of drug-likeness (QED) is 0.454. The van der Waals surface area contributed by atoms with E-state index in [1.807, 2.05) is 0 Å². The van der Waals surface area contributed by atoms with Gasteiger partial charge in [-0.25, -0.2) is 0 Å². The number of aldehydes is 1. The molecule has 9 atom stereocenters. The second kappa shape index (κ2) is 1.83. The minimum atomic E-state index is 0.487. The average Bonchev–Trinajstić information content (AvgIpc) is 2.13. The molecule has 14 heavy (non-hydrogen) atoms. The summed E-state index contributed by atoms with van der Waals surface area (Å²) in [5.41, 5.74) is 0. The van der Waals surface area contributed by atoms with E-state index < -0.39 is 0 Å². The molecule has 1 nitrogen and oxygen atoms in total. The van der Waals surface area contributed by atoms with Crippen molar-refractivity contribution in [3.63, 3.8) is 0 Å². The zero-order valence-electron chi connectivity index (χ0n) is 8.30. The molecular formula is C13H16O. The minimum absolute atomic E-state index is 0.487. The molecule has 74 valence electrons. The normalized spacial score (nSPS) is 75.3. The summed E-state index contributed by atoms with van der Waals surface area (Å²) in [6.45, 7) is 0. The Morgan fingerprint density at radius 2 is 1.43 bits per heavy atom. The molecule has 5 fully saturated rings. The SMILES string of the molecule is O=CC1CC2C1C1C3C4CCC4C3C21. The van der Waals surface area contributed by atoms with Crippen molar-refractivity contribution >= 4 is 6.29 Å². The van der Waals surface area contributed by atoms with E-state index in [-0.39, 0.29) is 0 Å². The lowest BCUT2D eigenvalue weighted by Gasteiger charge is -2.84. The molecule has 0 aliphatic heterocycles. The lowest BCUT2D eigenvalue weighted by atomic mass is 9.20. The molecule has 1 heteroatoms. The van der Waals surface area contributed by atoms with Crippen LogP contribution in [0.2, 0.25) is 0 Å². The first kappa shape index (κ1) is 7.03. The lowest BCUT2D eigenvalue weighted by molar-refractivity contribution is -0.369. The summed E-state index contributed by atoms with van der Waals surface area (Å²) in [6.07, 6.45) is 5.58. The van der Waals surface area contributed by atoms with Gasteiger partial charge in [-0.05, 0) is 66.6 Å². The van der Waals surface area contributed by atoms with E-state index in [0.29, 0.717) is 5.92 Å². The van der Waals surface area contributed by atoms with Gasteiger partial charge in [0.25, 0.3) is 0 Å². The molecule has 0 aromatic rings. The van der Waals surface area contributed by atoms with Crippen LogP contribution in [0.25, 0.3) is 0 Å². The summed E-state index contributed by atoms with van der Waals surface area (Å²) in [4.78, 5) is 10.8. The summed E-state index contributed by atoms with van der Waals surface area (Å²) < 4.78 is 0. The molecule has 5 aliphatic rings. The third kappa shape index (κ3) is 0.445. The maximum Gasteiger partial charge on any atom is 0.123 e. The first-order valence-electron chi connectivity index (χ1n) is 6.37. The van der Waals surface area contributed by atoms with Crippen molar-refractivity contribution in [1.29, 1.82) is 0 Å². The molecule has 0 spiro atoms. The molecule has 0 bridgehead atoms. The van der Waals surface area contributed by atoms with Crippen LogP contribution in [0.15, 0.2) is 0 Å². The van der Waals surface area contributed by atoms with Crippen LogP contribution in [0.5, 0.6) is 0 Å². The summed E-state index contributed by atoms with van der Waals surface area (Å²) in [5.74, 6) is 9.10. The van der Waals surface area contributed by atoms with Crippen molar-refractivity contribution in [3.8, 4) is 0 Å². The summed E-state index contributed by atoms with van der Waals surface area (Å²) >= 11 is 0. The fraction of sp³-hybridized carbons (Fsp3) is 0.923. The van der Waals surface area contributed by atoms with Gasteiger partial charge in [-0.2, -0.15) is 0 Å². The van der Waals surface area contributed by atoms with Crippen molar-refractivity contribution in [2.24, 2.45) is 53.3 Å². The number of rotatable bonds is 1. The summed E-state index contributed by atoms with van der Waals surface area (Å²) in [6, 6.07) is 0. The Morgan fingerprint density at radius 1 is 0.786 bits per heavy atom. The van der Waals surface area contributed by atoms with Gasteiger partial charge in [0.2, 0.25) is 0 Å². The molecule has 5 rings (SSSR count). The van der Waals surface area contributed by atoms with Gasteiger partial charge in [0, 0.05) is 5.92 Å². The highest BCUT2D eigenvalue weighted by Gasteiger charge is 2.79. The van der Waals surface area contributed by atoms with E-state index in [2.05, 4.69) is 0 Å². The van der Waals surface area contributed by atoms with Crippen molar-refractivity contribution < 1.29 is 4.79 Å². The predicted molar refractivity (Wildman–Crippen MR) is 51.3 cm³/mol. The van der Waals surface area contributed by atoms with Gasteiger partial charge in [-0.1, -0.05) is 0 Å². The lowest BCUT2D eigenvalue weighted by Crippen LogP contribution is -2.80. The molecule has 0 amide bonds. The Balaban J connectivity index is 1.45. The molecule has 0 aromatic carbocycles. The Bertz CT molecular complexity index is 330. The molecule has 0 aromatic heterocycles. The first-order valence-corrected chi connectivity index (χ1v) is 6.37. The van der Waals surface area contributed by atoms with Crippen LogP contribution in [0.3, 0.4) is 0 Å². The van der Waals surface area contributed by atoms with E-state index >= 15 is 0 Å². The third-order valence-corrected chi connectivity index (χ3v) is 6.80. The number of carbonyl (C=O) groups excluding carboxylic acids is 1. The highest BCUT2D eigenvalue weighted by Crippen LogP contribution is 2.83. The third-order valence-electron chi connectivity index (χ3n) is 6.80. The molecule has 0 heterocycles. The van der Waals surface area contributed by atoms with Crippen molar-refractivity contribution in [2.45, 2.75) is 19.3 Å². The molecule has 5 aliphatic carbocycles. The maximum absolute atomic E-state index is 10.8. The van der Waals surface area contributed by atoms with E-state index in [1.165, 1.54) is 19.1 Å². The van der Waals surface area contributed by atoms with E-state index in [4.69, 9.17) is 0 Å². The second-order valence-electron chi connectivity index (χ2n) is 6.49. The van der Waals surface area contributed by atoms with Crippen LogP contribution < -0.4 is 0 Å². The molecule has 5 saturated carbocycles. The van der Waals surface area contributed by atoms with Crippen LogP contribution in [0, 0.1) is 53.3 Å². The average molecular weight is 188 g/mol. The van der Waals surface area contributed by atoms with E-state index in [1.54, 1.807) is 6.42 Å².